The monoisotopic (exact) mass is 730 g/mol. The largest absolute Gasteiger partial charge is 0.463 e. The van der Waals surface area contributed by atoms with E-state index in [0.29, 0.717) is 26.1 Å². The van der Waals surface area contributed by atoms with Crippen molar-refractivity contribution < 1.29 is 33.1 Å². The number of nitrogens with zero attached hydrogens (tertiary/aromatic N) is 2. The molecule has 4 atom stereocenters. The van der Waals surface area contributed by atoms with Gasteiger partial charge in [-0.05, 0) is 41.6 Å². The van der Waals surface area contributed by atoms with Crippen molar-refractivity contribution in [3.8, 4) is 10.4 Å². The normalized spacial score (nSPS) is 18.0. The summed E-state index contributed by atoms with van der Waals surface area (Å²) in [5.74, 6) is -1.57. The Labute approximate surface area is 303 Å². The van der Waals surface area contributed by atoms with E-state index in [-0.39, 0.29) is 59.6 Å². The van der Waals surface area contributed by atoms with Crippen molar-refractivity contribution in [3.63, 3.8) is 0 Å². The zero-order chi connectivity index (χ0) is 37.4. The number of likely N-dealkylation sites (tertiary alicyclic amines) is 1. The number of aromatic nitrogens is 1. The Kier molecular flexibility index (Phi) is 14.4. The number of rotatable bonds is 15. The predicted octanol–water partition coefficient (Wildman–Crippen LogP) is 6.04. The first-order chi connectivity index (χ1) is 23.2. The highest BCUT2D eigenvalue weighted by Crippen LogP contribution is 2.40. The molecule has 13 heteroatoms. The number of aryl methyl sites for hydroxylation is 1. The molecule has 1 aliphatic heterocycles. The first-order valence-corrected chi connectivity index (χ1v) is 21.2. The van der Waals surface area contributed by atoms with Crippen LogP contribution in [0.3, 0.4) is 0 Å². The van der Waals surface area contributed by atoms with Crippen LogP contribution in [-0.4, -0.2) is 87.5 Å². The molecule has 50 heavy (non-hydrogen) atoms. The number of carbonyl (C=O) groups excluding carboxylic acids is 4. The number of carbonyl (C=O) groups is 4. The van der Waals surface area contributed by atoms with Gasteiger partial charge in [-0.3, -0.25) is 19.2 Å². The van der Waals surface area contributed by atoms with Crippen LogP contribution in [0.4, 0.5) is 0 Å². The zero-order valence-corrected chi connectivity index (χ0v) is 33.6. The summed E-state index contributed by atoms with van der Waals surface area (Å²) in [7, 11) is -0.652. The second-order valence-electron chi connectivity index (χ2n) is 15.8. The van der Waals surface area contributed by atoms with Gasteiger partial charge >= 0.3 is 5.97 Å². The smallest absolute Gasteiger partial charge is 0.306 e. The molecule has 1 aromatic heterocycles. The molecule has 278 valence electrons. The van der Waals surface area contributed by atoms with Gasteiger partial charge < -0.3 is 29.4 Å². The molecule has 3 rings (SSSR count). The van der Waals surface area contributed by atoms with E-state index in [9.17, 15) is 19.2 Å². The summed E-state index contributed by atoms with van der Waals surface area (Å²) < 4.78 is 17.3. The van der Waals surface area contributed by atoms with Crippen LogP contribution < -0.4 is 10.6 Å². The molecular formula is C37H58N4O7SSi. The van der Waals surface area contributed by atoms with E-state index in [4.69, 9.17) is 13.9 Å². The molecule has 2 heterocycles. The molecule has 0 aliphatic carbocycles. The van der Waals surface area contributed by atoms with Crippen LogP contribution in [0.25, 0.3) is 10.4 Å². The van der Waals surface area contributed by atoms with Gasteiger partial charge in [0.15, 0.2) is 8.32 Å². The number of ether oxygens (including phenoxy) is 2. The van der Waals surface area contributed by atoms with E-state index in [1.165, 1.54) is 0 Å². The van der Waals surface area contributed by atoms with Crippen molar-refractivity contribution >= 4 is 43.3 Å². The third kappa shape index (κ3) is 11.2. The van der Waals surface area contributed by atoms with Crippen LogP contribution in [0.5, 0.6) is 0 Å². The minimum Gasteiger partial charge on any atom is -0.463 e. The molecule has 0 radical (unpaired) electrons. The number of methoxy groups -OCH3 is 1. The lowest BCUT2D eigenvalue weighted by Crippen LogP contribution is -2.50. The third-order valence-corrected chi connectivity index (χ3v) is 15.5. The molecule has 11 nitrogen and oxygen atoms in total. The lowest BCUT2D eigenvalue weighted by Gasteiger charge is -2.38. The molecule has 2 aromatic rings. The van der Waals surface area contributed by atoms with Gasteiger partial charge in [0.2, 0.25) is 17.7 Å². The predicted molar refractivity (Wildman–Crippen MR) is 199 cm³/mol. The molecule has 3 amide bonds. The van der Waals surface area contributed by atoms with Crippen LogP contribution in [-0.2, 0) is 33.1 Å². The quantitative estimate of drug-likeness (QED) is 0.129. The van der Waals surface area contributed by atoms with Crippen molar-refractivity contribution in [1.29, 1.82) is 0 Å². The average Bonchev–Trinajstić information content (AvgIpc) is 3.66. The minimum atomic E-state index is -2.20. The fraction of sp³-hybridized carbons (Fsp3) is 0.649. The minimum absolute atomic E-state index is 0.0246. The lowest BCUT2D eigenvalue weighted by molar-refractivity contribution is -0.147. The number of thiazole rings is 1. The first-order valence-electron chi connectivity index (χ1n) is 17.5. The Bertz CT molecular complexity index is 1470. The summed E-state index contributed by atoms with van der Waals surface area (Å²) in [6.07, 6.45) is -0.0418. The summed E-state index contributed by atoms with van der Waals surface area (Å²) in [6.45, 7) is 21.7. The fourth-order valence-electron chi connectivity index (χ4n) is 5.37. The van der Waals surface area contributed by atoms with Crippen molar-refractivity contribution in [2.75, 3.05) is 33.4 Å². The Morgan fingerprint density at radius 1 is 1.06 bits per heavy atom. The summed E-state index contributed by atoms with van der Waals surface area (Å²) in [4.78, 5) is 60.2. The van der Waals surface area contributed by atoms with Gasteiger partial charge in [0.1, 0.15) is 12.6 Å². The van der Waals surface area contributed by atoms with Gasteiger partial charge in [0.25, 0.3) is 0 Å². The third-order valence-electron chi connectivity index (χ3n) is 10.0. The van der Waals surface area contributed by atoms with Gasteiger partial charge in [-0.15, -0.1) is 11.3 Å². The maximum atomic E-state index is 14.2. The van der Waals surface area contributed by atoms with Crippen LogP contribution in [0.15, 0.2) is 29.8 Å². The number of amides is 3. The molecular weight excluding hydrogens is 673 g/mol. The van der Waals surface area contributed by atoms with Crippen molar-refractivity contribution in [3.05, 3.63) is 41.0 Å². The summed E-state index contributed by atoms with van der Waals surface area (Å²) in [6, 6.07) is 6.27. The maximum Gasteiger partial charge on any atom is 0.306 e. The highest BCUT2D eigenvalue weighted by molar-refractivity contribution is 7.13. The highest BCUT2D eigenvalue weighted by atomic mass is 32.1. The Morgan fingerprint density at radius 2 is 1.72 bits per heavy atom. The molecule has 2 N–H and O–H groups in total. The Balaban J connectivity index is 1.85. The molecule has 0 bridgehead atoms. The Hall–Kier alpha value is -3.13. The molecule has 0 saturated carbocycles. The molecule has 0 spiro atoms. The van der Waals surface area contributed by atoms with Crippen LogP contribution in [0.2, 0.25) is 18.1 Å². The van der Waals surface area contributed by atoms with Gasteiger partial charge in [-0.2, -0.15) is 0 Å². The maximum absolute atomic E-state index is 14.2. The van der Waals surface area contributed by atoms with Crippen molar-refractivity contribution in [1.82, 2.24) is 20.5 Å². The number of hydrogen-bond acceptors (Lipinski definition) is 9. The summed E-state index contributed by atoms with van der Waals surface area (Å²) >= 11 is 1.55. The summed E-state index contributed by atoms with van der Waals surface area (Å²) in [5, 5.41) is 5.77. The fourth-order valence-corrected chi connectivity index (χ4v) is 7.54. The van der Waals surface area contributed by atoms with Crippen LogP contribution >= 0.6 is 11.3 Å². The summed E-state index contributed by atoms with van der Waals surface area (Å²) in [5.41, 5.74) is 4.16. The van der Waals surface area contributed by atoms with E-state index >= 15 is 0 Å². The average molecular weight is 731 g/mol. The number of nitrogens with one attached hydrogen (secondary N) is 2. The number of esters is 1. The second kappa shape index (κ2) is 17.4. The van der Waals surface area contributed by atoms with E-state index in [0.717, 1.165) is 21.7 Å². The van der Waals surface area contributed by atoms with Gasteiger partial charge in [-0.1, -0.05) is 72.7 Å². The van der Waals surface area contributed by atoms with E-state index in [1.54, 1.807) is 28.9 Å². The van der Waals surface area contributed by atoms with Crippen LogP contribution in [0.1, 0.15) is 85.0 Å². The SMILES string of the molecule is COCCNC(=O)CCC(=O)OC[C@H](NC(=O)[C@@H]1C[C@@H](O[Si](C)(C)C(C)(C)C)CN1C(=O)[C@@H](C)C(C)(C)C)c1ccc(-c2scnc2C)cc1. The highest BCUT2D eigenvalue weighted by Gasteiger charge is 2.47. The van der Waals surface area contributed by atoms with E-state index in [1.807, 2.05) is 58.9 Å². The standard InChI is InChI=1S/C37H58N4O7SSi/c1-24(36(3,4)5)35(45)41-21-28(48-50(10,11)37(6,7)8)20-30(41)34(44)40-29(22-47-32(43)17-16-31(42)38-18-19-46-9)26-12-14-27(15-13-26)33-25(2)39-23-49-33/h12-15,23-24,28-30H,16-22H2,1-11H3,(H,38,42)(H,40,44)/t24-,28-,29+,30+/m1/s1. The molecule has 1 fully saturated rings. The molecule has 1 aliphatic rings. The van der Waals surface area contributed by atoms with E-state index < -0.39 is 26.4 Å². The zero-order valence-electron chi connectivity index (χ0n) is 31.8. The molecule has 0 unspecified atom stereocenters. The first kappa shape index (κ1) is 41.3. The van der Waals surface area contributed by atoms with Crippen LogP contribution in [0, 0.1) is 18.3 Å². The van der Waals surface area contributed by atoms with E-state index in [2.05, 4.69) is 49.5 Å². The molecule has 1 aromatic carbocycles. The number of hydrogen-bond donors (Lipinski definition) is 2. The number of benzene rings is 1. The topological polar surface area (TPSA) is 136 Å². The van der Waals surface area contributed by atoms with Crippen molar-refractivity contribution in [2.24, 2.45) is 11.3 Å². The van der Waals surface area contributed by atoms with Gasteiger partial charge in [-0.25, -0.2) is 4.98 Å². The molecule has 1 saturated heterocycles. The second-order valence-corrected chi connectivity index (χ2v) is 21.4. The van der Waals surface area contributed by atoms with Crippen molar-refractivity contribution in [2.45, 2.75) is 111 Å². The van der Waals surface area contributed by atoms with Gasteiger partial charge in [0, 0.05) is 39.0 Å². The Morgan fingerprint density at radius 3 is 2.28 bits per heavy atom. The van der Waals surface area contributed by atoms with Gasteiger partial charge in [0.05, 0.1) is 41.3 Å². The lowest BCUT2D eigenvalue weighted by atomic mass is 9.81.